The van der Waals surface area contributed by atoms with Crippen LogP contribution in [-0.4, -0.2) is 42.9 Å². The first-order valence-electron chi connectivity index (χ1n) is 7.05. The summed E-state index contributed by atoms with van der Waals surface area (Å²) in [6.07, 6.45) is 2.55. The fraction of sp³-hybridized carbons (Fsp3) is 0.533. The van der Waals surface area contributed by atoms with Gasteiger partial charge in [-0.25, -0.2) is 4.39 Å². The van der Waals surface area contributed by atoms with Crippen LogP contribution in [0.1, 0.15) is 29.6 Å². The number of ether oxygens (including phenoxy) is 2. The summed E-state index contributed by atoms with van der Waals surface area (Å²) in [5.41, 5.74) is 0.384. The number of benzene rings is 1. The van der Waals surface area contributed by atoms with E-state index in [-0.39, 0.29) is 18.2 Å². The molecule has 2 saturated heterocycles. The second-order valence-corrected chi connectivity index (χ2v) is 5.18. The molecule has 20 heavy (non-hydrogen) atoms. The highest BCUT2D eigenvalue weighted by molar-refractivity contribution is 5.94. The zero-order valence-electron chi connectivity index (χ0n) is 11.3. The van der Waals surface area contributed by atoms with E-state index in [1.165, 1.54) is 12.1 Å². The Kier molecular flexibility index (Phi) is 3.98. The third kappa shape index (κ3) is 2.69. The van der Waals surface area contributed by atoms with Gasteiger partial charge in [0, 0.05) is 12.1 Å². The lowest BCUT2D eigenvalue weighted by Crippen LogP contribution is -2.50. The van der Waals surface area contributed by atoms with E-state index in [0.29, 0.717) is 25.3 Å². The van der Waals surface area contributed by atoms with Crippen molar-refractivity contribution in [2.24, 2.45) is 0 Å². The van der Waals surface area contributed by atoms with Gasteiger partial charge in [-0.1, -0.05) is 6.07 Å². The fourth-order valence-electron chi connectivity index (χ4n) is 2.88. The van der Waals surface area contributed by atoms with Gasteiger partial charge in [0.2, 0.25) is 0 Å². The average Bonchev–Trinajstić information content (AvgIpc) is 3.00. The van der Waals surface area contributed by atoms with Gasteiger partial charge in [0.05, 0.1) is 19.3 Å². The molecule has 0 unspecified atom stereocenters. The smallest absolute Gasteiger partial charge is 0.254 e. The van der Waals surface area contributed by atoms with Gasteiger partial charge in [0.25, 0.3) is 5.91 Å². The number of carbonyl (C=O) groups is 1. The monoisotopic (exact) mass is 279 g/mol. The minimum Gasteiger partial charge on any atom is -0.348 e. The topological polar surface area (TPSA) is 38.8 Å². The summed E-state index contributed by atoms with van der Waals surface area (Å²) in [7, 11) is 0. The molecular weight excluding hydrogens is 261 g/mol. The van der Waals surface area contributed by atoms with Gasteiger partial charge in [-0.3, -0.25) is 4.79 Å². The number of rotatable bonds is 2. The summed E-state index contributed by atoms with van der Waals surface area (Å²) in [6.45, 7) is 1.82. The molecule has 0 aromatic heterocycles. The first-order chi connectivity index (χ1) is 9.75. The molecule has 0 spiro atoms. The Hall–Kier alpha value is -1.46. The Morgan fingerprint density at radius 3 is 2.80 bits per heavy atom. The second-order valence-electron chi connectivity index (χ2n) is 5.18. The molecule has 1 aromatic rings. The third-order valence-electron chi connectivity index (χ3n) is 3.84. The molecule has 0 radical (unpaired) electrons. The Bertz CT molecular complexity index is 488. The van der Waals surface area contributed by atoms with Crippen LogP contribution in [0, 0.1) is 5.82 Å². The van der Waals surface area contributed by atoms with Crippen LogP contribution in [0.3, 0.4) is 0 Å². The maximum Gasteiger partial charge on any atom is 0.254 e. The Labute approximate surface area is 117 Å². The standard InChI is InChI=1S/C15H18FNO3/c16-12-5-3-4-11(10-12)14(18)17-7-2-1-6-13(17)15-19-8-9-20-15/h3-5,10,13,15H,1-2,6-9H2/t13-/m0/s1. The van der Waals surface area contributed by atoms with Crippen LogP contribution in [0.15, 0.2) is 24.3 Å². The molecule has 1 aromatic carbocycles. The van der Waals surface area contributed by atoms with Gasteiger partial charge < -0.3 is 14.4 Å². The van der Waals surface area contributed by atoms with E-state index in [4.69, 9.17) is 9.47 Å². The van der Waals surface area contributed by atoms with E-state index in [1.807, 2.05) is 0 Å². The lowest BCUT2D eigenvalue weighted by atomic mass is 10.00. The zero-order chi connectivity index (χ0) is 13.9. The third-order valence-corrected chi connectivity index (χ3v) is 3.84. The molecule has 3 rings (SSSR count). The maximum atomic E-state index is 13.3. The van der Waals surface area contributed by atoms with E-state index in [2.05, 4.69) is 0 Å². The van der Waals surface area contributed by atoms with Crippen molar-refractivity contribution >= 4 is 5.91 Å². The maximum absolute atomic E-state index is 13.3. The molecule has 0 bridgehead atoms. The summed E-state index contributed by atoms with van der Waals surface area (Å²) < 4.78 is 24.4. The van der Waals surface area contributed by atoms with Gasteiger partial charge in [0.15, 0.2) is 6.29 Å². The Morgan fingerprint density at radius 2 is 2.05 bits per heavy atom. The van der Waals surface area contributed by atoms with Crippen molar-refractivity contribution in [3.05, 3.63) is 35.6 Å². The second kappa shape index (κ2) is 5.89. The molecule has 0 N–H and O–H groups in total. The first kappa shape index (κ1) is 13.5. The molecule has 5 heteroatoms. The number of amides is 1. The quantitative estimate of drug-likeness (QED) is 0.833. The number of nitrogens with zero attached hydrogens (tertiary/aromatic N) is 1. The van der Waals surface area contributed by atoms with E-state index in [0.717, 1.165) is 19.3 Å². The molecule has 1 amide bonds. The number of carbonyl (C=O) groups excluding carboxylic acids is 1. The van der Waals surface area contributed by atoms with Crippen molar-refractivity contribution in [2.45, 2.75) is 31.6 Å². The van der Waals surface area contributed by atoms with Crippen molar-refractivity contribution in [3.8, 4) is 0 Å². The highest BCUT2D eigenvalue weighted by Crippen LogP contribution is 2.26. The molecule has 2 aliphatic heterocycles. The summed E-state index contributed by atoms with van der Waals surface area (Å²) in [6, 6.07) is 5.76. The molecule has 2 heterocycles. The minimum absolute atomic E-state index is 0.0676. The molecule has 1 atom stereocenters. The van der Waals surface area contributed by atoms with Crippen molar-refractivity contribution in [2.75, 3.05) is 19.8 Å². The SMILES string of the molecule is O=C(c1cccc(F)c1)N1CCCC[C@H]1C1OCCO1. The van der Waals surface area contributed by atoms with Crippen LogP contribution in [0.5, 0.6) is 0 Å². The summed E-state index contributed by atoms with van der Waals surface area (Å²) in [5.74, 6) is -0.536. The molecule has 4 nitrogen and oxygen atoms in total. The predicted octanol–water partition coefficient (Wildman–Crippen LogP) is 2.19. The van der Waals surface area contributed by atoms with Gasteiger partial charge in [-0.2, -0.15) is 0 Å². The van der Waals surface area contributed by atoms with Crippen molar-refractivity contribution in [1.29, 1.82) is 0 Å². The van der Waals surface area contributed by atoms with E-state index in [1.54, 1.807) is 17.0 Å². The number of halogens is 1. The lowest BCUT2D eigenvalue weighted by Gasteiger charge is -2.38. The fourth-order valence-corrected chi connectivity index (χ4v) is 2.88. The zero-order valence-corrected chi connectivity index (χ0v) is 11.3. The van der Waals surface area contributed by atoms with Crippen LogP contribution in [0.4, 0.5) is 4.39 Å². The first-order valence-corrected chi connectivity index (χ1v) is 7.05. The molecule has 108 valence electrons. The predicted molar refractivity (Wildman–Crippen MR) is 70.8 cm³/mol. The summed E-state index contributed by atoms with van der Waals surface area (Å²) >= 11 is 0. The largest absolute Gasteiger partial charge is 0.348 e. The summed E-state index contributed by atoms with van der Waals surface area (Å²) in [4.78, 5) is 14.3. The van der Waals surface area contributed by atoms with Crippen LogP contribution >= 0.6 is 0 Å². The molecular formula is C15H18FNO3. The van der Waals surface area contributed by atoms with Gasteiger partial charge in [-0.15, -0.1) is 0 Å². The molecule has 2 aliphatic rings. The minimum atomic E-state index is -0.391. The number of hydrogen-bond donors (Lipinski definition) is 0. The summed E-state index contributed by atoms with van der Waals surface area (Å²) in [5, 5.41) is 0. The molecule has 2 fully saturated rings. The van der Waals surface area contributed by atoms with Gasteiger partial charge in [-0.05, 0) is 37.5 Å². The molecule has 0 saturated carbocycles. The van der Waals surface area contributed by atoms with Gasteiger partial charge >= 0.3 is 0 Å². The Balaban J connectivity index is 1.80. The Morgan fingerprint density at radius 1 is 1.25 bits per heavy atom. The van der Waals surface area contributed by atoms with Crippen LogP contribution in [0.25, 0.3) is 0 Å². The number of likely N-dealkylation sites (tertiary alicyclic amines) is 1. The van der Waals surface area contributed by atoms with E-state index in [9.17, 15) is 9.18 Å². The van der Waals surface area contributed by atoms with E-state index >= 15 is 0 Å². The molecule has 0 aliphatic carbocycles. The van der Waals surface area contributed by atoms with Crippen molar-refractivity contribution < 1.29 is 18.7 Å². The lowest BCUT2D eigenvalue weighted by molar-refractivity contribution is -0.100. The highest BCUT2D eigenvalue weighted by atomic mass is 19.1. The van der Waals surface area contributed by atoms with Crippen molar-refractivity contribution in [3.63, 3.8) is 0 Å². The highest BCUT2D eigenvalue weighted by Gasteiger charge is 2.36. The normalized spacial score (nSPS) is 24.1. The average molecular weight is 279 g/mol. The number of piperidine rings is 1. The van der Waals surface area contributed by atoms with Gasteiger partial charge in [0.1, 0.15) is 5.82 Å². The van der Waals surface area contributed by atoms with Crippen LogP contribution in [-0.2, 0) is 9.47 Å². The van der Waals surface area contributed by atoms with Crippen LogP contribution in [0.2, 0.25) is 0 Å². The number of hydrogen-bond acceptors (Lipinski definition) is 3. The van der Waals surface area contributed by atoms with Crippen LogP contribution < -0.4 is 0 Å². The van der Waals surface area contributed by atoms with Crippen molar-refractivity contribution in [1.82, 2.24) is 4.90 Å². The van der Waals surface area contributed by atoms with E-state index < -0.39 is 5.82 Å².